The zero-order chi connectivity index (χ0) is 19.2. The van der Waals surface area contributed by atoms with Crippen molar-refractivity contribution < 1.29 is 9.59 Å². The quantitative estimate of drug-likeness (QED) is 0.435. The van der Waals surface area contributed by atoms with Crippen LogP contribution < -0.4 is 16.0 Å². The number of amides is 2. The molecule has 0 atom stereocenters. The summed E-state index contributed by atoms with van der Waals surface area (Å²) < 4.78 is 0. The van der Waals surface area contributed by atoms with E-state index < -0.39 is 0 Å². The van der Waals surface area contributed by atoms with Crippen LogP contribution in [0.3, 0.4) is 0 Å². The van der Waals surface area contributed by atoms with E-state index in [2.05, 4.69) is 41.6 Å². The van der Waals surface area contributed by atoms with E-state index in [0.717, 1.165) is 58.2 Å². The van der Waals surface area contributed by atoms with Gasteiger partial charge in [-0.1, -0.05) is 33.6 Å². The van der Waals surface area contributed by atoms with E-state index >= 15 is 0 Å². The average Bonchev–Trinajstić information content (AvgIpc) is 2.60. The fourth-order valence-corrected chi connectivity index (χ4v) is 3.32. The summed E-state index contributed by atoms with van der Waals surface area (Å²) in [5.41, 5.74) is 0. The SMILES string of the molecule is CCCCCNC(=O)CCCCNC(=O)CN1CCC(NC(C)C)CC1. The van der Waals surface area contributed by atoms with Gasteiger partial charge in [-0.3, -0.25) is 14.5 Å². The van der Waals surface area contributed by atoms with Crippen molar-refractivity contribution in [3.63, 3.8) is 0 Å². The van der Waals surface area contributed by atoms with Gasteiger partial charge in [-0.2, -0.15) is 0 Å². The van der Waals surface area contributed by atoms with Gasteiger partial charge >= 0.3 is 0 Å². The molecule has 1 aliphatic heterocycles. The molecule has 0 unspecified atom stereocenters. The summed E-state index contributed by atoms with van der Waals surface area (Å²) >= 11 is 0. The molecule has 0 aromatic carbocycles. The molecule has 0 bridgehead atoms. The first-order valence-corrected chi connectivity index (χ1v) is 10.5. The molecule has 26 heavy (non-hydrogen) atoms. The number of hydrogen-bond acceptors (Lipinski definition) is 4. The molecule has 3 N–H and O–H groups in total. The van der Waals surface area contributed by atoms with Crippen molar-refractivity contribution in [2.24, 2.45) is 0 Å². The number of unbranched alkanes of at least 4 members (excludes halogenated alkanes) is 3. The van der Waals surface area contributed by atoms with Crippen molar-refractivity contribution in [3.8, 4) is 0 Å². The third-order valence-corrected chi connectivity index (χ3v) is 4.78. The molecule has 0 aliphatic carbocycles. The van der Waals surface area contributed by atoms with Crippen LogP contribution in [0, 0.1) is 0 Å². The molecule has 0 radical (unpaired) electrons. The van der Waals surface area contributed by atoms with Crippen molar-refractivity contribution in [2.45, 2.75) is 84.2 Å². The van der Waals surface area contributed by atoms with E-state index in [0.29, 0.717) is 31.6 Å². The minimum absolute atomic E-state index is 0.101. The maximum Gasteiger partial charge on any atom is 0.234 e. The first-order valence-electron chi connectivity index (χ1n) is 10.5. The second-order valence-electron chi connectivity index (χ2n) is 7.74. The highest BCUT2D eigenvalue weighted by molar-refractivity contribution is 5.78. The van der Waals surface area contributed by atoms with Crippen LogP contribution in [0.15, 0.2) is 0 Å². The summed E-state index contributed by atoms with van der Waals surface area (Å²) in [4.78, 5) is 25.9. The van der Waals surface area contributed by atoms with Crippen LogP contribution in [0.5, 0.6) is 0 Å². The lowest BCUT2D eigenvalue weighted by Crippen LogP contribution is -2.47. The molecule has 152 valence electrons. The predicted octanol–water partition coefficient (Wildman–Crippen LogP) is 2.04. The second kappa shape index (κ2) is 14.0. The molecular formula is C20H40N4O2. The van der Waals surface area contributed by atoms with E-state index in [9.17, 15) is 9.59 Å². The fraction of sp³-hybridized carbons (Fsp3) is 0.900. The Morgan fingerprint density at radius 1 is 0.962 bits per heavy atom. The lowest BCUT2D eigenvalue weighted by Gasteiger charge is -2.32. The average molecular weight is 369 g/mol. The van der Waals surface area contributed by atoms with Gasteiger partial charge in [0, 0.05) is 44.7 Å². The van der Waals surface area contributed by atoms with Gasteiger partial charge < -0.3 is 16.0 Å². The Balaban J connectivity index is 1.98. The molecule has 1 aliphatic rings. The molecule has 0 aromatic rings. The monoisotopic (exact) mass is 368 g/mol. The summed E-state index contributed by atoms with van der Waals surface area (Å²) in [7, 11) is 0. The summed E-state index contributed by atoms with van der Waals surface area (Å²) in [5.74, 6) is 0.231. The molecule has 1 rings (SSSR count). The predicted molar refractivity (Wildman–Crippen MR) is 107 cm³/mol. The number of rotatable bonds is 13. The van der Waals surface area contributed by atoms with Crippen molar-refractivity contribution in [2.75, 3.05) is 32.7 Å². The Hall–Kier alpha value is -1.14. The van der Waals surface area contributed by atoms with E-state index in [-0.39, 0.29) is 11.8 Å². The first kappa shape index (κ1) is 22.9. The van der Waals surface area contributed by atoms with E-state index in [1.807, 2.05) is 0 Å². The van der Waals surface area contributed by atoms with E-state index in [1.54, 1.807) is 0 Å². The molecule has 1 heterocycles. The van der Waals surface area contributed by atoms with Crippen LogP contribution in [0.2, 0.25) is 0 Å². The summed E-state index contributed by atoms with van der Waals surface area (Å²) in [6.45, 7) is 10.4. The third-order valence-electron chi connectivity index (χ3n) is 4.78. The number of nitrogens with one attached hydrogen (secondary N) is 3. The van der Waals surface area contributed by atoms with Crippen molar-refractivity contribution in [1.29, 1.82) is 0 Å². The largest absolute Gasteiger partial charge is 0.356 e. The molecule has 2 amide bonds. The van der Waals surface area contributed by atoms with Crippen LogP contribution in [0.1, 0.15) is 72.1 Å². The molecule has 6 heteroatoms. The van der Waals surface area contributed by atoms with Gasteiger partial charge in [0.15, 0.2) is 0 Å². The van der Waals surface area contributed by atoms with E-state index in [4.69, 9.17) is 0 Å². The van der Waals surface area contributed by atoms with Crippen LogP contribution in [0.25, 0.3) is 0 Å². The number of carbonyl (C=O) groups is 2. The highest BCUT2D eigenvalue weighted by Gasteiger charge is 2.20. The van der Waals surface area contributed by atoms with Crippen LogP contribution >= 0.6 is 0 Å². The number of likely N-dealkylation sites (tertiary alicyclic amines) is 1. The Morgan fingerprint density at radius 2 is 1.58 bits per heavy atom. The highest BCUT2D eigenvalue weighted by atomic mass is 16.2. The molecule has 6 nitrogen and oxygen atoms in total. The van der Waals surface area contributed by atoms with Crippen LogP contribution in [0.4, 0.5) is 0 Å². The fourth-order valence-electron chi connectivity index (χ4n) is 3.32. The van der Waals surface area contributed by atoms with Crippen molar-refractivity contribution >= 4 is 11.8 Å². The van der Waals surface area contributed by atoms with Crippen molar-refractivity contribution in [1.82, 2.24) is 20.9 Å². The topological polar surface area (TPSA) is 73.5 Å². The minimum atomic E-state index is 0.101. The van der Waals surface area contributed by atoms with Gasteiger partial charge in [-0.15, -0.1) is 0 Å². The van der Waals surface area contributed by atoms with Crippen molar-refractivity contribution in [3.05, 3.63) is 0 Å². The summed E-state index contributed by atoms with van der Waals surface area (Å²) in [5, 5.41) is 9.50. The van der Waals surface area contributed by atoms with Gasteiger partial charge in [-0.25, -0.2) is 0 Å². The molecular weight excluding hydrogens is 328 g/mol. The Bertz CT molecular complexity index is 393. The first-order chi connectivity index (χ1) is 12.5. The van der Waals surface area contributed by atoms with Gasteiger partial charge in [0.2, 0.25) is 11.8 Å². The molecule has 0 aromatic heterocycles. The van der Waals surface area contributed by atoms with Crippen LogP contribution in [-0.4, -0.2) is 61.5 Å². The lowest BCUT2D eigenvalue weighted by molar-refractivity contribution is -0.122. The Morgan fingerprint density at radius 3 is 2.19 bits per heavy atom. The molecule has 0 saturated carbocycles. The standard InChI is InChI=1S/C20H40N4O2/c1-4-5-7-12-21-19(25)9-6-8-13-22-20(26)16-24-14-10-18(11-15-24)23-17(2)3/h17-18,23H,4-16H2,1-3H3,(H,21,25)(H,22,26). The molecule has 1 fully saturated rings. The maximum atomic E-state index is 12.0. The second-order valence-corrected chi connectivity index (χ2v) is 7.74. The smallest absolute Gasteiger partial charge is 0.234 e. The van der Waals surface area contributed by atoms with Gasteiger partial charge in [0.1, 0.15) is 0 Å². The molecule has 1 saturated heterocycles. The van der Waals surface area contributed by atoms with Gasteiger partial charge in [-0.05, 0) is 32.1 Å². The Kier molecular flexibility index (Phi) is 12.3. The third kappa shape index (κ3) is 11.5. The number of piperidine rings is 1. The number of carbonyl (C=O) groups excluding carboxylic acids is 2. The normalized spacial score (nSPS) is 16.0. The minimum Gasteiger partial charge on any atom is -0.356 e. The van der Waals surface area contributed by atoms with Gasteiger partial charge in [0.05, 0.1) is 6.54 Å². The summed E-state index contributed by atoms with van der Waals surface area (Å²) in [6.07, 6.45) is 7.85. The summed E-state index contributed by atoms with van der Waals surface area (Å²) in [6, 6.07) is 1.11. The maximum absolute atomic E-state index is 12.0. The zero-order valence-electron chi connectivity index (χ0n) is 17.1. The number of nitrogens with zero attached hydrogens (tertiary/aromatic N) is 1. The van der Waals surface area contributed by atoms with Crippen LogP contribution in [-0.2, 0) is 9.59 Å². The van der Waals surface area contributed by atoms with Gasteiger partial charge in [0.25, 0.3) is 0 Å². The molecule has 0 spiro atoms. The zero-order valence-corrected chi connectivity index (χ0v) is 17.1. The number of hydrogen-bond donors (Lipinski definition) is 3. The Labute approximate surface area is 159 Å². The lowest BCUT2D eigenvalue weighted by atomic mass is 10.0. The van der Waals surface area contributed by atoms with E-state index in [1.165, 1.54) is 6.42 Å². The highest BCUT2D eigenvalue weighted by Crippen LogP contribution is 2.10.